The van der Waals surface area contributed by atoms with Crippen LogP contribution in [0.1, 0.15) is 23.1 Å². The molecule has 1 heterocycles. The van der Waals surface area contributed by atoms with Crippen LogP contribution in [0.3, 0.4) is 0 Å². The van der Waals surface area contributed by atoms with Crippen molar-refractivity contribution >= 4 is 12.0 Å². The van der Waals surface area contributed by atoms with Gasteiger partial charge in [0.05, 0.1) is 25.7 Å². The van der Waals surface area contributed by atoms with Crippen molar-refractivity contribution in [3.05, 3.63) is 71.3 Å². The maximum absolute atomic E-state index is 13.1. The largest absolute Gasteiger partial charge is 0.436 e. The van der Waals surface area contributed by atoms with Crippen molar-refractivity contribution in [2.45, 2.75) is 44.6 Å². The zero-order valence-electron chi connectivity index (χ0n) is 18.0. The Labute approximate surface area is 190 Å². The van der Waals surface area contributed by atoms with Gasteiger partial charge in [0, 0.05) is 13.1 Å². The number of alkyl halides is 2. The van der Waals surface area contributed by atoms with Gasteiger partial charge in [-0.15, -0.1) is 0 Å². The van der Waals surface area contributed by atoms with E-state index in [2.05, 4.69) is 5.32 Å². The molecule has 0 saturated carbocycles. The Morgan fingerprint density at radius 1 is 1.09 bits per heavy atom. The summed E-state index contributed by atoms with van der Waals surface area (Å²) in [4.78, 5) is 26.5. The average Bonchev–Trinajstić information content (AvgIpc) is 2.82. The minimum Gasteiger partial charge on any atom is -0.436 e. The van der Waals surface area contributed by atoms with Crippen molar-refractivity contribution in [3.63, 3.8) is 0 Å². The topological polar surface area (TPSA) is 91.7 Å². The molecule has 174 valence electrons. The van der Waals surface area contributed by atoms with E-state index in [0.717, 1.165) is 16.7 Å². The lowest BCUT2D eigenvalue weighted by atomic mass is 10.0. The minimum atomic E-state index is -2.87. The third-order valence-corrected chi connectivity index (χ3v) is 5.19. The molecule has 1 aliphatic rings. The third-order valence-electron chi connectivity index (χ3n) is 5.19. The summed E-state index contributed by atoms with van der Waals surface area (Å²) in [6.45, 7) is 0.704. The van der Waals surface area contributed by atoms with Crippen molar-refractivity contribution < 1.29 is 27.8 Å². The van der Waals surface area contributed by atoms with E-state index in [9.17, 15) is 23.6 Å². The predicted molar refractivity (Wildman–Crippen MR) is 115 cm³/mol. The summed E-state index contributed by atoms with van der Waals surface area (Å²) < 4.78 is 36.7. The van der Waals surface area contributed by atoms with E-state index < -0.39 is 37.0 Å². The molecule has 2 aromatic rings. The SMILES string of the molecule is N#C[C@H](COCc1ccccc1)NC(=O)[C@H](CC(F)F)OC(=O)N1CCc2ccccc2C1. The van der Waals surface area contributed by atoms with Crippen LogP contribution in [0.4, 0.5) is 13.6 Å². The molecular weight excluding hydrogens is 432 g/mol. The zero-order chi connectivity index (χ0) is 23.6. The van der Waals surface area contributed by atoms with Gasteiger partial charge in [-0.05, 0) is 23.1 Å². The van der Waals surface area contributed by atoms with Gasteiger partial charge in [-0.1, -0.05) is 54.6 Å². The molecule has 0 unspecified atom stereocenters. The number of nitrogens with one attached hydrogen (secondary N) is 1. The smallest absolute Gasteiger partial charge is 0.410 e. The first kappa shape index (κ1) is 24.1. The van der Waals surface area contributed by atoms with E-state index in [4.69, 9.17) is 9.47 Å². The first-order valence-corrected chi connectivity index (χ1v) is 10.6. The van der Waals surface area contributed by atoms with E-state index in [0.29, 0.717) is 13.0 Å². The van der Waals surface area contributed by atoms with Crippen molar-refractivity contribution in [1.29, 1.82) is 5.26 Å². The first-order chi connectivity index (χ1) is 16.0. The van der Waals surface area contributed by atoms with Gasteiger partial charge in [0.2, 0.25) is 6.43 Å². The molecule has 2 amide bonds. The second-order valence-corrected chi connectivity index (χ2v) is 7.63. The summed E-state index contributed by atoms with van der Waals surface area (Å²) >= 11 is 0. The summed E-state index contributed by atoms with van der Waals surface area (Å²) in [5.74, 6) is -0.962. The molecule has 0 aliphatic carbocycles. The lowest BCUT2D eigenvalue weighted by Crippen LogP contribution is -2.47. The highest BCUT2D eigenvalue weighted by molar-refractivity contribution is 5.84. The molecule has 0 spiro atoms. The number of amides is 2. The Hall–Kier alpha value is -3.51. The van der Waals surface area contributed by atoms with E-state index >= 15 is 0 Å². The number of benzene rings is 2. The highest BCUT2D eigenvalue weighted by atomic mass is 19.3. The molecule has 9 heteroatoms. The normalized spacial score (nSPS) is 14.7. The quantitative estimate of drug-likeness (QED) is 0.623. The fraction of sp³-hybridized carbons (Fsp3) is 0.375. The summed E-state index contributed by atoms with van der Waals surface area (Å²) in [6.07, 6.45) is -5.80. The Bertz CT molecular complexity index is 981. The number of nitriles is 1. The first-order valence-electron chi connectivity index (χ1n) is 10.6. The summed E-state index contributed by atoms with van der Waals surface area (Å²) in [5, 5.41) is 11.6. The number of hydrogen-bond acceptors (Lipinski definition) is 5. The molecule has 2 aromatic carbocycles. The van der Waals surface area contributed by atoms with Gasteiger partial charge in [-0.3, -0.25) is 4.79 Å². The molecule has 0 radical (unpaired) electrons. The van der Waals surface area contributed by atoms with Crippen LogP contribution in [0.2, 0.25) is 0 Å². The number of carbonyl (C=O) groups is 2. The second kappa shape index (κ2) is 11.9. The molecule has 33 heavy (non-hydrogen) atoms. The van der Waals surface area contributed by atoms with Gasteiger partial charge in [-0.25, -0.2) is 13.6 Å². The average molecular weight is 457 g/mol. The number of hydrogen-bond donors (Lipinski definition) is 1. The maximum atomic E-state index is 13.1. The molecular formula is C24H25F2N3O4. The highest BCUT2D eigenvalue weighted by Gasteiger charge is 2.31. The zero-order valence-corrected chi connectivity index (χ0v) is 18.0. The number of nitrogens with zero attached hydrogens (tertiary/aromatic N) is 2. The van der Waals surface area contributed by atoms with E-state index in [1.807, 2.05) is 60.7 Å². The lowest BCUT2D eigenvalue weighted by Gasteiger charge is -2.29. The van der Waals surface area contributed by atoms with Gasteiger partial charge in [0.25, 0.3) is 5.91 Å². The van der Waals surface area contributed by atoms with Gasteiger partial charge >= 0.3 is 6.09 Å². The van der Waals surface area contributed by atoms with Crippen LogP contribution in [0.15, 0.2) is 54.6 Å². The number of fused-ring (bicyclic) bond motifs is 1. The van der Waals surface area contributed by atoms with Crippen LogP contribution >= 0.6 is 0 Å². The molecule has 2 atom stereocenters. The molecule has 0 saturated heterocycles. The fourth-order valence-corrected chi connectivity index (χ4v) is 3.46. The molecule has 0 bridgehead atoms. The van der Waals surface area contributed by atoms with Crippen LogP contribution in [0.5, 0.6) is 0 Å². The molecule has 1 N–H and O–H groups in total. The van der Waals surface area contributed by atoms with E-state index in [1.165, 1.54) is 4.90 Å². The summed E-state index contributed by atoms with van der Waals surface area (Å²) in [7, 11) is 0. The molecule has 7 nitrogen and oxygen atoms in total. The van der Waals surface area contributed by atoms with Crippen molar-refractivity contribution in [2.24, 2.45) is 0 Å². The molecule has 3 rings (SSSR count). The molecule has 0 fully saturated rings. The number of halogens is 2. The highest BCUT2D eigenvalue weighted by Crippen LogP contribution is 2.20. The van der Waals surface area contributed by atoms with Crippen LogP contribution in [-0.2, 0) is 33.8 Å². The number of ether oxygens (including phenoxy) is 2. The Morgan fingerprint density at radius 3 is 2.48 bits per heavy atom. The van der Waals surface area contributed by atoms with Crippen LogP contribution in [0.25, 0.3) is 0 Å². The van der Waals surface area contributed by atoms with Crippen LogP contribution in [-0.4, -0.2) is 48.6 Å². The Balaban J connectivity index is 1.55. The lowest BCUT2D eigenvalue weighted by molar-refractivity contribution is -0.133. The third kappa shape index (κ3) is 7.26. The summed E-state index contributed by atoms with van der Waals surface area (Å²) in [5.41, 5.74) is 2.93. The van der Waals surface area contributed by atoms with Crippen LogP contribution in [0, 0.1) is 11.3 Å². The number of carbonyl (C=O) groups excluding carboxylic acids is 2. The van der Waals surface area contributed by atoms with E-state index in [-0.39, 0.29) is 19.8 Å². The fourth-order valence-electron chi connectivity index (χ4n) is 3.46. The van der Waals surface area contributed by atoms with E-state index in [1.54, 1.807) is 0 Å². The van der Waals surface area contributed by atoms with Gasteiger partial charge in [0.1, 0.15) is 6.04 Å². The van der Waals surface area contributed by atoms with Gasteiger partial charge in [-0.2, -0.15) is 5.26 Å². The maximum Gasteiger partial charge on any atom is 0.410 e. The minimum absolute atomic E-state index is 0.143. The van der Waals surface area contributed by atoms with Gasteiger partial charge in [0.15, 0.2) is 6.10 Å². The summed E-state index contributed by atoms with van der Waals surface area (Å²) in [6, 6.07) is 17.6. The van der Waals surface area contributed by atoms with Crippen LogP contribution < -0.4 is 5.32 Å². The Kier molecular flexibility index (Phi) is 8.72. The number of rotatable bonds is 9. The monoisotopic (exact) mass is 457 g/mol. The second-order valence-electron chi connectivity index (χ2n) is 7.63. The van der Waals surface area contributed by atoms with Gasteiger partial charge < -0.3 is 19.7 Å². The molecule has 0 aromatic heterocycles. The standard InChI is InChI=1S/C24H25F2N3O4/c25-22(26)12-21(33-24(31)29-11-10-18-8-4-5-9-19(18)14-29)23(30)28-20(13-27)16-32-15-17-6-2-1-3-7-17/h1-9,20-22H,10-12,14-16H2,(H,28,30)/t20-,21+/m1/s1. The molecule has 1 aliphatic heterocycles. The van der Waals surface area contributed by atoms with Crippen molar-refractivity contribution in [3.8, 4) is 6.07 Å². The van der Waals surface area contributed by atoms with Crippen molar-refractivity contribution in [2.75, 3.05) is 13.2 Å². The van der Waals surface area contributed by atoms with Crippen molar-refractivity contribution in [1.82, 2.24) is 10.2 Å². The predicted octanol–water partition coefficient (Wildman–Crippen LogP) is 3.43. The Morgan fingerprint density at radius 2 is 1.79 bits per heavy atom.